The number of likely N-dealkylation sites (tertiary alicyclic amines) is 1. The van der Waals surface area contributed by atoms with Gasteiger partial charge in [-0.05, 0) is 44.3 Å². The van der Waals surface area contributed by atoms with Gasteiger partial charge in [0.05, 0.1) is 0 Å². The maximum absolute atomic E-state index is 12.3. The Balaban J connectivity index is 1.77. The van der Waals surface area contributed by atoms with Crippen LogP contribution in [-0.2, 0) is 4.79 Å². The van der Waals surface area contributed by atoms with Gasteiger partial charge in [0.25, 0.3) is 0 Å². The molecule has 2 rings (SSSR count). The zero-order chi connectivity index (χ0) is 15.1. The first-order chi connectivity index (χ1) is 10.2. The summed E-state index contributed by atoms with van der Waals surface area (Å²) in [6.07, 6.45) is 3.86. The van der Waals surface area contributed by atoms with E-state index in [1.165, 1.54) is 6.42 Å². The van der Waals surface area contributed by atoms with Crippen LogP contribution in [0.4, 0.5) is 0 Å². The highest BCUT2D eigenvalue weighted by molar-refractivity contribution is 5.77. The zero-order valence-corrected chi connectivity index (χ0v) is 12.9. The highest BCUT2D eigenvalue weighted by Gasteiger charge is 2.23. The lowest BCUT2D eigenvalue weighted by Gasteiger charge is -2.32. The molecule has 3 N–H and O–H groups in total. The lowest BCUT2D eigenvalue weighted by atomic mass is 9.93. The van der Waals surface area contributed by atoms with Crippen molar-refractivity contribution in [3.05, 3.63) is 35.9 Å². The fourth-order valence-electron chi connectivity index (χ4n) is 2.95. The van der Waals surface area contributed by atoms with E-state index in [9.17, 15) is 4.79 Å². The quantitative estimate of drug-likeness (QED) is 0.841. The lowest BCUT2D eigenvalue weighted by Crippen LogP contribution is -2.40. The van der Waals surface area contributed by atoms with E-state index >= 15 is 0 Å². The predicted molar refractivity (Wildman–Crippen MR) is 85.8 cm³/mol. The molecule has 116 valence electrons. The number of rotatable bonds is 6. The Morgan fingerprint density at radius 2 is 2.00 bits per heavy atom. The highest BCUT2D eigenvalue weighted by Crippen LogP contribution is 2.22. The number of hydrogen-bond donors (Lipinski definition) is 2. The maximum atomic E-state index is 12.3. The molecule has 21 heavy (non-hydrogen) atoms. The highest BCUT2D eigenvalue weighted by atomic mass is 16.2. The standard InChI is InChI=1S/C17H27N3O/c1-19-10-7-14-8-11-20(12-9-14)17(21)13-16(18)15-5-3-2-4-6-15/h2-6,14,16,19H,7-13,18H2,1H3. The third kappa shape index (κ3) is 4.83. The summed E-state index contributed by atoms with van der Waals surface area (Å²) in [6.45, 7) is 2.83. The summed E-state index contributed by atoms with van der Waals surface area (Å²) >= 11 is 0. The Morgan fingerprint density at radius 3 is 2.62 bits per heavy atom. The van der Waals surface area contributed by atoms with Crippen molar-refractivity contribution in [1.29, 1.82) is 0 Å². The third-order valence-electron chi connectivity index (χ3n) is 4.39. The number of nitrogens with zero attached hydrogens (tertiary/aromatic N) is 1. The molecule has 0 spiro atoms. The summed E-state index contributed by atoms with van der Waals surface area (Å²) in [5.74, 6) is 0.947. The summed E-state index contributed by atoms with van der Waals surface area (Å²) in [5.41, 5.74) is 7.18. The molecule has 4 nitrogen and oxygen atoms in total. The van der Waals surface area contributed by atoms with Crippen molar-refractivity contribution in [2.24, 2.45) is 11.7 Å². The van der Waals surface area contributed by atoms with Crippen LogP contribution < -0.4 is 11.1 Å². The van der Waals surface area contributed by atoms with Crippen molar-refractivity contribution < 1.29 is 4.79 Å². The van der Waals surface area contributed by atoms with Gasteiger partial charge >= 0.3 is 0 Å². The normalized spacial score (nSPS) is 17.7. The molecule has 1 heterocycles. The van der Waals surface area contributed by atoms with Crippen molar-refractivity contribution >= 4 is 5.91 Å². The summed E-state index contributed by atoms with van der Waals surface area (Å²) in [7, 11) is 1.99. The van der Waals surface area contributed by atoms with Crippen molar-refractivity contribution in [2.45, 2.75) is 31.7 Å². The average Bonchev–Trinajstić information content (AvgIpc) is 2.54. The molecule has 1 atom stereocenters. The Morgan fingerprint density at radius 1 is 1.33 bits per heavy atom. The molecular weight excluding hydrogens is 262 g/mol. The average molecular weight is 289 g/mol. The van der Waals surface area contributed by atoms with Gasteiger partial charge in [0, 0.05) is 25.6 Å². The number of hydrogen-bond acceptors (Lipinski definition) is 3. The van der Waals surface area contributed by atoms with Crippen molar-refractivity contribution in [3.8, 4) is 0 Å². The van der Waals surface area contributed by atoms with Crippen LogP contribution in [0.15, 0.2) is 30.3 Å². The van der Waals surface area contributed by atoms with E-state index in [0.29, 0.717) is 6.42 Å². The Labute approximate surface area is 127 Å². The summed E-state index contributed by atoms with van der Waals surface area (Å²) in [6, 6.07) is 9.68. The molecule has 1 fully saturated rings. The number of amides is 1. The van der Waals surface area contributed by atoms with Crippen LogP contribution >= 0.6 is 0 Å². The van der Waals surface area contributed by atoms with Gasteiger partial charge in [-0.2, -0.15) is 0 Å². The lowest BCUT2D eigenvalue weighted by molar-refractivity contribution is -0.133. The van der Waals surface area contributed by atoms with E-state index in [2.05, 4.69) is 5.32 Å². The molecule has 4 heteroatoms. The molecule has 0 aliphatic carbocycles. The van der Waals surface area contributed by atoms with Crippen LogP contribution in [0.5, 0.6) is 0 Å². The first-order valence-corrected chi connectivity index (χ1v) is 7.93. The van der Waals surface area contributed by atoms with Gasteiger partial charge < -0.3 is 16.0 Å². The van der Waals surface area contributed by atoms with E-state index in [1.807, 2.05) is 42.3 Å². The van der Waals surface area contributed by atoms with Gasteiger partial charge in [0.2, 0.25) is 5.91 Å². The van der Waals surface area contributed by atoms with Gasteiger partial charge in [-0.1, -0.05) is 30.3 Å². The van der Waals surface area contributed by atoms with Gasteiger partial charge in [-0.15, -0.1) is 0 Å². The maximum Gasteiger partial charge on any atom is 0.224 e. The molecular formula is C17H27N3O. The van der Waals surface area contributed by atoms with Gasteiger partial charge in [-0.25, -0.2) is 0 Å². The molecule has 1 aromatic carbocycles. The molecule has 1 amide bonds. The Bertz CT molecular complexity index is 427. The van der Waals surface area contributed by atoms with E-state index in [4.69, 9.17) is 5.73 Å². The van der Waals surface area contributed by atoms with Crippen LogP contribution in [-0.4, -0.2) is 37.5 Å². The van der Waals surface area contributed by atoms with Crippen LogP contribution in [0, 0.1) is 5.92 Å². The first-order valence-electron chi connectivity index (χ1n) is 7.93. The minimum atomic E-state index is -0.194. The predicted octanol–water partition coefficient (Wildman–Crippen LogP) is 1.92. The number of nitrogens with two attached hydrogens (primary N) is 1. The minimum Gasteiger partial charge on any atom is -0.343 e. The zero-order valence-electron chi connectivity index (χ0n) is 12.9. The molecule has 1 saturated heterocycles. The fourth-order valence-corrected chi connectivity index (χ4v) is 2.95. The summed E-state index contributed by atoms with van der Waals surface area (Å²) < 4.78 is 0. The topological polar surface area (TPSA) is 58.4 Å². The molecule has 1 aromatic rings. The third-order valence-corrected chi connectivity index (χ3v) is 4.39. The summed E-state index contributed by atoms with van der Waals surface area (Å²) in [5, 5.41) is 3.20. The molecule has 0 saturated carbocycles. The number of carbonyl (C=O) groups excluding carboxylic acids is 1. The van der Waals surface area contributed by atoms with E-state index in [-0.39, 0.29) is 11.9 Å². The van der Waals surface area contributed by atoms with E-state index in [1.54, 1.807) is 0 Å². The number of piperidine rings is 1. The van der Waals surface area contributed by atoms with Crippen LogP contribution in [0.3, 0.4) is 0 Å². The SMILES string of the molecule is CNCCC1CCN(C(=O)CC(N)c2ccccc2)CC1. The Hall–Kier alpha value is -1.39. The van der Waals surface area contributed by atoms with Crippen LogP contribution in [0.2, 0.25) is 0 Å². The van der Waals surface area contributed by atoms with Gasteiger partial charge in [-0.3, -0.25) is 4.79 Å². The van der Waals surface area contributed by atoms with Gasteiger partial charge in [0.15, 0.2) is 0 Å². The van der Waals surface area contributed by atoms with E-state index in [0.717, 1.165) is 44.0 Å². The minimum absolute atomic E-state index is 0.193. The van der Waals surface area contributed by atoms with Crippen LogP contribution in [0.25, 0.3) is 0 Å². The molecule has 0 bridgehead atoms. The Kier molecular flexibility index (Phi) is 6.21. The molecule has 0 radical (unpaired) electrons. The van der Waals surface area contributed by atoms with Crippen molar-refractivity contribution in [3.63, 3.8) is 0 Å². The molecule has 1 aliphatic rings. The smallest absolute Gasteiger partial charge is 0.224 e. The summed E-state index contributed by atoms with van der Waals surface area (Å²) in [4.78, 5) is 14.3. The first kappa shape index (κ1) is 16.0. The molecule has 1 aliphatic heterocycles. The second kappa shape index (κ2) is 8.15. The second-order valence-corrected chi connectivity index (χ2v) is 5.94. The second-order valence-electron chi connectivity index (χ2n) is 5.94. The van der Waals surface area contributed by atoms with Gasteiger partial charge in [0.1, 0.15) is 0 Å². The monoisotopic (exact) mass is 289 g/mol. The van der Waals surface area contributed by atoms with E-state index < -0.39 is 0 Å². The number of benzene rings is 1. The van der Waals surface area contributed by atoms with Crippen LogP contribution in [0.1, 0.15) is 37.3 Å². The number of carbonyl (C=O) groups is 1. The molecule has 1 unspecified atom stereocenters. The number of nitrogens with one attached hydrogen (secondary N) is 1. The largest absolute Gasteiger partial charge is 0.343 e. The molecule has 0 aromatic heterocycles. The van der Waals surface area contributed by atoms with Crippen molar-refractivity contribution in [1.82, 2.24) is 10.2 Å². The fraction of sp³-hybridized carbons (Fsp3) is 0.588. The van der Waals surface area contributed by atoms with Crippen molar-refractivity contribution in [2.75, 3.05) is 26.7 Å².